The third-order valence-corrected chi connectivity index (χ3v) is 4.69. The number of hydrogen-bond donors (Lipinski definition) is 0. The number of azo groups is 1. The molecule has 0 saturated carbocycles. The number of hydrogen-bond acceptors (Lipinski definition) is 4. The average molecular weight is 276 g/mol. The highest BCUT2D eigenvalue weighted by Gasteiger charge is 2.37. The molecular weight excluding hydrogens is 248 g/mol. The van der Waals surface area contributed by atoms with Gasteiger partial charge in [-0.15, -0.1) is 0 Å². The lowest BCUT2D eigenvalue weighted by Gasteiger charge is -2.30. The average Bonchev–Trinajstić information content (AvgIpc) is 2.42. The summed E-state index contributed by atoms with van der Waals surface area (Å²) in [5, 5.41) is 27.4. The van der Waals surface area contributed by atoms with Gasteiger partial charge in [0, 0.05) is 0 Å². The van der Waals surface area contributed by atoms with Crippen LogP contribution in [-0.4, -0.2) is 11.1 Å². The van der Waals surface area contributed by atoms with E-state index in [4.69, 9.17) is 0 Å². The number of nitrogens with zero attached hydrogens (tertiary/aromatic N) is 4. The van der Waals surface area contributed by atoms with E-state index in [1.54, 1.807) is 13.8 Å². The topological polar surface area (TPSA) is 72.3 Å². The maximum Gasteiger partial charge on any atom is 0.167 e. The van der Waals surface area contributed by atoms with Gasteiger partial charge < -0.3 is 0 Å². The molecule has 0 rings (SSSR count). The van der Waals surface area contributed by atoms with Gasteiger partial charge in [-0.05, 0) is 37.5 Å². The van der Waals surface area contributed by atoms with Crippen molar-refractivity contribution in [2.24, 2.45) is 33.9 Å². The van der Waals surface area contributed by atoms with E-state index in [0.717, 1.165) is 0 Å². The van der Waals surface area contributed by atoms with Crippen molar-refractivity contribution in [3.63, 3.8) is 0 Å². The van der Waals surface area contributed by atoms with Gasteiger partial charge in [0.2, 0.25) is 0 Å². The summed E-state index contributed by atoms with van der Waals surface area (Å²) >= 11 is 0. The molecule has 0 aromatic rings. The predicted molar refractivity (Wildman–Crippen MR) is 80.9 cm³/mol. The maximum absolute atomic E-state index is 9.44. The van der Waals surface area contributed by atoms with Crippen molar-refractivity contribution in [2.75, 3.05) is 0 Å². The van der Waals surface area contributed by atoms with Crippen molar-refractivity contribution in [3.05, 3.63) is 0 Å². The van der Waals surface area contributed by atoms with Crippen molar-refractivity contribution >= 4 is 0 Å². The van der Waals surface area contributed by atoms with Crippen LogP contribution in [0, 0.1) is 46.3 Å². The molecule has 0 aliphatic rings. The molecule has 4 atom stereocenters. The van der Waals surface area contributed by atoms with Gasteiger partial charge in [-0.3, -0.25) is 0 Å². The molecule has 0 saturated heterocycles. The minimum Gasteiger partial charge on any atom is -0.196 e. The Hall–Kier alpha value is -1.42. The summed E-state index contributed by atoms with van der Waals surface area (Å²) in [5.41, 5.74) is -1.77. The molecule has 0 spiro atoms. The first-order valence-electron chi connectivity index (χ1n) is 7.30. The smallest absolute Gasteiger partial charge is 0.167 e. The van der Waals surface area contributed by atoms with Crippen LogP contribution in [0.25, 0.3) is 0 Å². The first-order valence-corrected chi connectivity index (χ1v) is 7.30. The lowest BCUT2D eigenvalue weighted by molar-refractivity contribution is 0.259. The largest absolute Gasteiger partial charge is 0.196 e. The van der Waals surface area contributed by atoms with E-state index >= 15 is 0 Å². The Bertz CT molecular complexity index is 387. The summed E-state index contributed by atoms with van der Waals surface area (Å²) in [4.78, 5) is 0. The first kappa shape index (κ1) is 18.6. The Morgan fingerprint density at radius 2 is 0.950 bits per heavy atom. The molecule has 4 nitrogen and oxygen atoms in total. The zero-order valence-corrected chi connectivity index (χ0v) is 14.1. The SMILES string of the molecule is CC(C)C(C)C(C)(C#N)/N=N/C(C)(C#N)C(C)C(C)C. The van der Waals surface area contributed by atoms with Crippen LogP contribution in [0.5, 0.6) is 0 Å². The fourth-order valence-corrected chi connectivity index (χ4v) is 1.94. The first-order chi connectivity index (χ1) is 9.04. The van der Waals surface area contributed by atoms with Gasteiger partial charge in [0.25, 0.3) is 0 Å². The van der Waals surface area contributed by atoms with E-state index < -0.39 is 11.1 Å². The standard InChI is InChI=1S/C16H28N4/c1-11(2)13(5)15(7,9-17)19-20-16(8,10-18)14(6)12(3)4/h11-14H,1-8H3/b20-19+. The molecule has 4 heteroatoms. The summed E-state index contributed by atoms with van der Waals surface area (Å²) in [5.74, 6) is 0.811. The molecule has 0 bridgehead atoms. The highest BCUT2D eigenvalue weighted by molar-refractivity contribution is 5.11. The van der Waals surface area contributed by atoms with Crippen LogP contribution in [0.1, 0.15) is 55.4 Å². The van der Waals surface area contributed by atoms with Crippen molar-refractivity contribution in [3.8, 4) is 12.1 Å². The van der Waals surface area contributed by atoms with Crippen molar-refractivity contribution in [2.45, 2.75) is 66.5 Å². The molecule has 0 N–H and O–H groups in total. The molecule has 0 aromatic heterocycles. The Morgan fingerprint density at radius 3 is 1.10 bits per heavy atom. The van der Waals surface area contributed by atoms with E-state index in [0.29, 0.717) is 11.8 Å². The summed E-state index contributed by atoms with van der Waals surface area (Å²) in [6.45, 7) is 15.8. The van der Waals surface area contributed by atoms with Gasteiger partial charge in [-0.1, -0.05) is 41.5 Å². The third kappa shape index (κ3) is 4.04. The summed E-state index contributed by atoms with van der Waals surface area (Å²) < 4.78 is 0. The van der Waals surface area contributed by atoms with Gasteiger partial charge in [0.1, 0.15) is 0 Å². The quantitative estimate of drug-likeness (QED) is 0.666. The van der Waals surface area contributed by atoms with E-state index in [1.807, 2.05) is 13.8 Å². The van der Waals surface area contributed by atoms with Crippen LogP contribution in [0.2, 0.25) is 0 Å². The maximum atomic E-state index is 9.44. The predicted octanol–water partition coefficient (Wildman–Crippen LogP) is 4.59. The van der Waals surface area contributed by atoms with Gasteiger partial charge in [-0.25, -0.2) is 0 Å². The summed E-state index contributed by atoms with van der Waals surface area (Å²) in [6, 6.07) is 4.51. The van der Waals surface area contributed by atoms with Crippen molar-refractivity contribution in [1.82, 2.24) is 0 Å². The van der Waals surface area contributed by atoms with Gasteiger partial charge >= 0.3 is 0 Å². The molecule has 0 fully saturated rings. The monoisotopic (exact) mass is 276 g/mol. The highest BCUT2D eigenvalue weighted by atomic mass is 15.2. The number of nitriles is 2. The molecular formula is C16H28N4. The number of rotatable bonds is 6. The van der Waals surface area contributed by atoms with E-state index in [2.05, 4.69) is 50.1 Å². The Morgan fingerprint density at radius 1 is 0.700 bits per heavy atom. The van der Waals surface area contributed by atoms with Gasteiger partial charge in [0.15, 0.2) is 11.1 Å². The Balaban J connectivity index is 5.45. The van der Waals surface area contributed by atoms with Crippen LogP contribution in [-0.2, 0) is 0 Å². The summed E-state index contributed by atoms with van der Waals surface area (Å²) in [6.07, 6.45) is 0. The van der Waals surface area contributed by atoms with E-state index in [9.17, 15) is 10.5 Å². The van der Waals surface area contributed by atoms with Crippen LogP contribution >= 0.6 is 0 Å². The van der Waals surface area contributed by atoms with Crippen molar-refractivity contribution in [1.29, 1.82) is 10.5 Å². The molecule has 20 heavy (non-hydrogen) atoms. The molecule has 0 aromatic carbocycles. The fourth-order valence-electron chi connectivity index (χ4n) is 1.94. The second kappa shape index (κ2) is 6.84. The fraction of sp³-hybridized carbons (Fsp3) is 0.875. The van der Waals surface area contributed by atoms with Gasteiger partial charge in [-0.2, -0.15) is 20.8 Å². The highest BCUT2D eigenvalue weighted by Crippen LogP contribution is 2.32. The molecule has 112 valence electrons. The van der Waals surface area contributed by atoms with Crippen LogP contribution in [0.4, 0.5) is 0 Å². The summed E-state index contributed by atoms with van der Waals surface area (Å²) in [7, 11) is 0. The van der Waals surface area contributed by atoms with E-state index in [-0.39, 0.29) is 11.8 Å². The zero-order valence-electron chi connectivity index (χ0n) is 14.1. The van der Waals surface area contributed by atoms with Crippen LogP contribution in [0.3, 0.4) is 0 Å². The molecule has 0 heterocycles. The van der Waals surface area contributed by atoms with Crippen molar-refractivity contribution < 1.29 is 0 Å². The molecule has 4 unspecified atom stereocenters. The lowest BCUT2D eigenvalue weighted by Crippen LogP contribution is -2.36. The van der Waals surface area contributed by atoms with Crippen LogP contribution < -0.4 is 0 Å². The van der Waals surface area contributed by atoms with Crippen LogP contribution in [0.15, 0.2) is 10.2 Å². The Labute approximate surface area is 123 Å². The van der Waals surface area contributed by atoms with E-state index in [1.165, 1.54) is 0 Å². The second-order valence-corrected chi connectivity index (χ2v) is 6.78. The molecule has 0 amide bonds. The molecule has 0 radical (unpaired) electrons. The Kier molecular flexibility index (Phi) is 6.35. The molecule has 0 aliphatic heterocycles. The molecule has 0 aliphatic carbocycles. The third-order valence-electron chi connectivity index (χ3n) is 4.69. The zero-order chi connectivity index (χ0) is 16.1. The minimum atomic E-state index is -0.886. The minimum absolute atomic E-state index is 0.0774. The lowest BCUT2D eigenvalue weighted by atomic mass is 9.80. The second-order valence-electron chi connectivity index (χ2n) is 6.78. The normalized spacial score (nSPS) is 21.0. The van der Waals surface area contributed by atoms with Gasteiger partial charge in [0.05, 0.1) is 12.1 Å².